The van der Waals surface area contributed by atoms with Gasteiger partial charge in [0, 0.05) is 6.04 Å². The maximum Gasteiger partial charge on any atom is 0.358 e. The van der Waals surface area contributed by atoms with Gasteiger partial charge in [-0.2, -0.15) is 0 Å². The molecular weight excluding hydrogens is 296 g/mol. The number of amides is 1. The van der Waals surface area contributed by atoms with Crippen LogP contribution in [0.25, 0.3) is 0 Å². The van der Waals surface area contributed by atoms with Crippen LogP contribution in [0.3, 0.4) is 0 Å². The first-order valence-corrected chi connectivity index (χ1v) is 7.33. The second-order valence-corrected chi connectivity index (χ2v) is 5.78. The highest BCUT2D eigenvalue weighted by atomic mass is 16.4. The van der Waals surface area contributed by atoms with Crippen LogP contribution in [0.5, 0.6) is 0 Å². The maximum atomic E-state index is 12.0. The third-order valence-electron chi connectivity index (χ3n) is 3.29. The number of nitrogens with one attached hydrogen (secondary N) is 1. The number of aromatic carboxylic acids is 1. The molecule has 23 heavy (non-hydrogen) atoms. The Morgan fingerprint density at radius 1 is 1.26 bits per heavy atom. The number of hydrogen-bond donors (Lipinski definition) is 2. The summed E-state index contributed by atoms with van der Waals surface area (Å²) >= 11 is 0. The van der Waals surface area contributed by atoms with E-state index >= 15 is 0 Å². The minimum atomic E-state index is -1.17. The van der Waals surface area contributed by atoms with Crippen molar-refractivity contribution in [3.8, 4) is 0 Å². The summed E-state index contributed by atoms with van der Waals surface area (Å²) in [5.74, 6) is -1.40. The number of carboxylic acids is 1. The maximum absolute atomic E-state index is 12.0. The van der Waals surface area contributed by atoms with Gasteiger partial charge in [-0.15, -0.1) is 5.10 Å². The van der Waals surface area contributed by atoms with E-state index in [9.17, 15) is 9.59 Å². The van der Waals surface area contributed by atoms with Gasteiger partial charge in [0.15, 0.2) is 5.69 Å². The number of benzene rings is 1. The summed E-state index contributed by atoms with van der Waals surface area (Å²) in [7, 11) is 0. The van der Waals surface area contributed by atoms with Gasteiger partial charge in [0.1, 0.15) is 6.54 Å². The minimum Gasteiger partial charge on any atom is -0.476 e. The van der Waals surface area contributed by atoms with E-state index in [1.165, 1.54) is 27.6 Å². The van der Waals surface area contributed by atoms with Crippen LogP contribution >= 0.6 is 0 Å². The van der Waals surface area contributed by atoms with Gasteiger partial charge < -0.3 is 10.4 Å². The fourth-order valence-electron chi connectivity index (χ4n) is 2.53. The van der Waals surface area contributed by atoms with E-state index in [0.717, 1.165) is 6.42 Å². The van der Waals surface area contributed by atoms with E-state index in [-0.39, 0.29) is 24.2 Å². The second-order valence-electron chi connectivity index (χ2n) is 5.78. The fourth-order valence-corrected chi connectivity index (χ4v) is 2.53. The lowest BCUT2D eigenvalue weighted by atomic mass is 10.0. The summed E-state index contributed by atoms with van der Waals surface area (Å²) in [6.07, 6.45) is 1.96. The number of carbonyl (C=O) groups is 2. The fraction of sp³-hybridized carbons (Fsp3) is 0.375. The number of nitrogens with zero attached hydrogens (tertiary/aromatic N) is 3. The second kappa shape index (κ2) is 7.04. The van der Waals surface area contributed by atoms with Gasteiger partial charge in [-0.05, 0) is 32.8 Å². The molecule has 0 aliphatic heterocycles. The van der Waals surface area contributed by atoms with Crippen LogP contribution in [-0.4, -0.2) is 38.0 Å². The van der Waals surface area contributed by atoms with Crippen molar-refractivity contribution < 1.29 is 14.7 Å². The van der Waals surface area contributed by atoms with Gasteiger partial charge in [0.05, 0.1) is 6.20 Å². The van der Waals surface area contributed by atoms with Crippen LogP contribution in [0.1, 0.15) is 34.1 Å². The highest BCUT2D eigenvalue weighted by Crippen LogP contribution is 2.11. The van der Waals surface area contributed by atoms with Crippen molar-refractivity contribution in [1.29, 1.82) is 0 Å². The minimum absolute atomic E-state index is 0.0360. The lowest BCUT2D eigenvalue weighted by molar-refractivity contribution is -0.122. The Kier molecular flexibility index (Phi) is 5.10. The van der Waals surface area contributed by atoms with Crippen molar-refractivity contribution in [3.05, 3.63) is 46.8 Å². The summed E-state index contributed by atoms with van der Waals surface area (Å²) in [5.41, 5.74) is 3.38. The van der Waals surface area contributed by atoms with Crippen LogP contribution in [0, 0.1) is 13.8 Å². The highest BCUT2D eigenvalue weighted by Gasteiger charge is 2.13. The van der Waals surface area contributed by atoms with Crippen molar-refractivity contribution >= 4 is 11.9 Å². The van der Waals surface area contributed by atoms with Crippen molar-refractivity contribution in [1.82, 2.24) is 20.3 Å². The molecule has 2 aromatic rings. The molecule has 0 aliphatic carbocycles. The monoisotopic (exact) mass is 316 g/mol. The number of carboxylic acid groups (broad SMARTS) is 1. The quantitative estimate of drug-likeness (QED) is 0.838. The predicted molar refractivity (Wildman–Crippen MR) is 84.2 cm³/mol. The van der Waals surface area contributed by atoms with E-state index in [2.05, 4.69) is 33.8 Å². The average molecular weight is 316 g/mol. The molecule has 1 heterocycles. The Balaban J connectivity index is 1.89. The molecule has 1 aromatic heterocycles. The standard InChI is InChI=1S/C16H20N4O3/c1-10-4-11(2)6-13(5-10)7-12(3)17-15(21)9-20-8-14(16(22)23)18-19-20/h4-6,8,12H,7,9H2,1-3H3,(H,17,21)(H,22,23). The van der Waals surface area contributed by atoms with E-state index in [0.29, 0.717) is 0 Å². The molecule has 0 saturated carbocycles. The molecule has 0 saturated heterocycles. The van der Waals surface area contributed by atoms with Crippen LogP contribution < -0.4 is 5.32 Å². The Hall–Kier alpha value is -2.70. The number of hydrogen-bond acceptors (Lipinski definition) is 4. The smallest absolute Gasteiger partial charge is 0.358 e. The molecule has 1 aromatic carbocycles. The van der Waals surface area contributed by atoms with E-state index in [1.807, 2.05) is 20.8 Å². The van der Waals surface area contributed by atoms with Gasteiger partial charge in [-0.1, -0.05) is 34.5 Å². The molecule has 7 heteroatoms. The summed E-state index contributed by atoms with van der Waals surface area (Å²) in [6.45, 7) is 5.96. The highest BCUT2D eigenvalue weighted by molar-refractivity contribution is 5.84. The molecule has 7 nitrogen and oxygen atoms in total. The van der Waals surface area contributed by atoms with Crippen molar-refractivity contribution in [2.24, 2.45) is 0 Å². The van der Waals surface area contributed by atoms with Gasteiger partial charge >= 0.3 is 5.97 Å². The number of rotatable bonds is 6. The first-order valence-electron chi connectivity index (χ1n) is 7.33. The first kappa shape index (κ1) is 16.7. The molecule has 1 atom stereocenters. The predicted octanol–water partition coefficient (Wildman–Crippen LogP) is 1.34. The third-order valence-corrected chi connectivity index (χ3v) is 3.29. The third kappa shape index (κ3) is 4.91. The molecular formula is C16H20N4O3. The molecule has 0 spiro atoms. The van der Waals surface area contributed by atoms with E-state index in [4.69, 9.17) is 5.11 Å². The van der Waals surface area contributed by atoms with Crippen LogP contribution in [-0.2, 0) is 17.8 Å². The lowest BCUT2D eigenvalue weighted by Gasteiger charge is -2.14. The molecule has 2 N–H and O–H groups in total. The van der Waals surface area contributed by atoms with Gasteiger partial charge in [-0.25, -0.2) is 9.48 Å². The molecule has 0 fully saturated rings. The molecule has 0 radical (unpaired) electrons. The topological polar surface area (TPSA) is 97.1 Å². The number of aromatic nitrogens is 3. The Labute approximate surface area is 134 Å². The van der Waals surface area contributed by atoms with Crippen LogP contribution in [0.4, 0.5) is 0 Å². The molecule has 1 unspecified atom stereocenters. The summed E-state index contributed by atoms with van der Waals surface area (Å²) in [4.78, 5) is 22.7. The zero-order chi connectivity index (χ0) is 17.0. The number of carbonyl (C=O) groups excluding carboxylic acids is 1. The molecule has 1 amide bonds. The van der Waals surface area contributed by atoms with Gasteiger partial charge in [0.2, 0.25) is 5.91 Å². The SMILES string of the molecule is Cc1cc(C)cc(CC(C)NC(=O)Cn2cc(C(=O)O)nn2)c1. The van der Waals surface area contributed by atoms with E-state index < -0.39 is 5.97 Å². The summed E-state index contributed by atoms with van der Waals surface area (Å²) in [5, 5.41) is 18.7. The molecule has 0 bridgehead atoms. The van der Waals surface area contributed by atoms with Crippen molar-refractivity contribution in [2.75, 3.05) is 0 Å². The molecule has 122 valence electrons. The van der Waals surface area contributed by atoms with Gasteiger partial charge in [0.25, 0.3) is 0 Å². The largest absolute Gasteiger partial charge is 0.476 e. The Morgan fingerprint density at radius 3 is 2.48 bits per heavy atom. The van der Waals surface area contributed by atoms with E-state index in [1.54, 1.807) is 0 Å². The molecule has 2 rings (SSSR count). The van der Waals surface area contributed by atoms with Gasteiger partial charge in [-0.3, -0.25) is 4.79 Å². The van der Waals surface area contributed by atoms with Crippen molar-refractivity contribution in [3.63, 3.8) is 0 Å². The van der Waals surface area contributed by atoms with Crippen LogP contribution in [0.2, 0.25) is 0 Å². The summed E-state index contributed by atoms with van der Waals surface area (Å²) in [6, 6.07) is 6.28. The number of aryl methyl sites for hydroxylation is 2. The lowest BCUT2D eigenvalue weighted by Crippen LogP contribution is -2.36. The average Bonchev–Trinajstić information content (AvgIpc) is 2.85. The normalized spacial score (nSPS) is 12.0. The Bertz CT molecular complexity index is 704. The first-order chi connectivity index (χ1) is 10.8. The van der Waals surface area contributed by atoms with Crippen molar-refractivity contribution in [2.45, 2.75) is 39.8 Å². The zero-order valence-corrected chi connectivity index (χ0v) is 13.4. The Morgan fingerprint density at radius 2 is 1.91 bits per heavy atom. The summed E-state index contributed by atoms with van der Waals surface area (Å²) < 4.78 is 1.21. The van der Waals surface area contributed by atoms with Crippen LogP contribution in [0.15, 0.2) is 24.4 Å². The molecule has 0 aliphatic rings. The zero-order valence-electron chi connectivity index (χ0n) is 13.4.